The van der Waals surface area contributed by atoms with Crippen molar-refractivity contribution in [2.75, 3.05) is 11.9 Å². The standard InChI is InChI=1S/C34H49N5O3Si2/c1-33(2,3)43(7,8)40-21-28-27(42-44(9,10)34(4,5)6)20-29(41-28)39-23-37-30-31(35-22-36-32(30)39)38-26-18-16-25(17-19-26)24-14-12-11-13-15-24/h11-19,22-23,27-29H,20-21H2,1-10H3,(H,35,36,38)/t27-,28+,29+/m0/s1. The molecule has 0 aliphatic carbocycles. The Balaban J connectivity index is 1.38. The second kappa shape index (κ2) is 12.1. The van der Waals surface area contributed by atoms with Crippen LogP contribution in [-0.4, -0.2) is 55.0 Å². The van der Waals surface area contributed by atoms with Gasteiger partial charge >= 0.3 is 0 Å². The van der Waals surface area contributed by atoms with E-state index < -0.39 is 16.6 Å². The molecule has 10 heteroatoms. The van der Waals surface area contributed by atoms with Gasteiger partial charge in [0.2, 0.25) is 0 Å². The van der Waals surface area contributed by atoms with Gasteiger partial charge in [0, 0.05) is 12.1 Å². The Morgan fingerprint density at radius 3 is 2.11 bits per heavy atom. The highest BCUT2D eigenvalue weighted by atomic mass is 28.4. The van der Waals surface area contributed by atoms with Crippen molar-refractivity contribution < 1.29 is 13.6 Å². The van der Waals surface area contributed by atoms with E-state index in [0.29, 0.717) is 24.4 Å². The first kappa shape index (κ1) is 32.5. The summed E-state index contributed by atoms with van der Waals surface area (Å²) in [4.78, 5) is 13.9. The average Bonchev–Trinajstić information content (AvgIpc) is 3.56. The van der Waals surface area contributed by atoms with Gasteiger partial charge in [0.25, 0.3) is 0 Å². The molecule has 236 valence electrons. The number of hydrogen-bond acceptors (Lipinski definition) is 7. The molecule has 1 N–H and O–H groups in total. The number of rotatable bonds is 9. The molecular weight excluding hydrogens is 583 g/mol. The molecule has 1 fully saturated rings. The van der Waals surface area contributed by atoms with Gasteiger partial charge in [-0.2, -0.15) is 0 Å². The van der Waals surface area contributed by atoms with Gasteiger partial charge in [-0.1, -0.05) is 84.0 Å². The molecule has 5 rings (SSSR count). The average molecular weight is 632 g/mol. The quantitative estimate of drug-likeness (QED) is 0.185. The lowest BCUT2D eigenvalue weighted by Crippen LogP contribution is -2.48. The van der Waals surface area contributed by atoms with Gasteiger partial charge in [-0.25, -0.2) is 15.0 Å². The third-order valence-corrected chi connectivity index (χ3v) is 18.8. The van der Waals surface area contributed by atoms with Gasteiger partial charge in [0.15, 0.2) is 33.6 Å². The highest BCUT2D eigenvalue weighted by molar-refractivity contribution is 6.74. The van der Waals surface area contributed by atoms with Crippen molar-refractivity contribution in [2.24, 2.45) is 0 Å². The van der Waals surface area contributed by atoms with Crippen LogP contribution in [0, 0.1) is 0 Å². The SMILES string of the molecule is CC(C)(C)[Si](C)(C)OC[C@H]1O[C@@H](n2cnc3c(Nc4ccc(-c5ccccc5)cc4)ncnc32)C[C@@H]1O[Si](C)(C)C(C)(C)C. The summed E-state index contributed by atoms with van der Waals surface area (Å²) in [5.74, 6) is 0.658. The molecule has 3 heterocycles. The summed E-state index contributed by atoms with van der Waals surface area (Å²) in [7, 11) is -4.02. The lowest BCUT2D eigenvalue weighted by Gasteiger charge is -2.40. The normalized spacial score (nSPS) is 19.9. The maximum Gasteiger partial charge on any atom is 0.192 e. The van der Waals surface area contributed by atoms with E-state index in [9.17, 15) is 0 Å². The zero-order valence-corrected chi connectivity index (χ0v) is 30.0. The number of aromatic nitrogens is 4. The van der Waals surface area contributed by atoms with Crippen LogP contribution in [0.5, 0.6) is 0 Å². The van der Waals surface area contributed by atoms with Gasteiger partial charge in [-0.3, -0.25) is 4.57 Å². The van der Waals surface area contributed by atoms with Crippen LogP contribution in [0.15, 0.2) is 67.3 Å². The largest absolute Gasteiger partial charge is 0.414 e. The fraction of sp³-hybridized carbons (Fsp3) is 0.500. The van der Waals surface area contributed by atoms with E-state index in [2.05, 4.69) is 132 Å². The minimum absolute atomic E-state index is 0.0781. The Morgan fingerprint density at radius 2 is 1.48 bits per heavy atom. The van der Waals surface area contributed by atoms with E-state index in [1.54, 1.807) is 6.33 Å². The molecule has 0 spiro atoms. The molecule has 3 atom stereocenters. The molecule has 1 aliphatic heterocycles. The van der Waals surface area contributed by atoms with Gasteiger partial charge < -0.3 is 18.9 Å². The summed E-state index contributed by atoms with van der Waals surface area (Å²) in [6, 6.07) is 18.7. The highest BCUT2D eigenvalue weighted by Gasteiger charge is 2.47. The van der Waals surface area contributed by atoms with E-state index in [4.69, 9.17) is 18.6 Å². The molecule has 8 nitrogen and oxygen atoms in total. The number of nitrogens with zero attached hydrogens (tertiary/aromatic N) is 4. The van der Waals surface area contributed by atoms with Crippen LogP contribution in [0.1, 0.15) is 54.2 Å². The van der Waals surface area contributed by atoms with Crippen molar-refractivity contribution >= 4 is 39.3 Å². The summed E-state index contributed by atoms with van der Waals surface area (Å²) < 4.78 is 22.4. The van der Waals surface area contributed by atoms with Crippen LogP contribution in [0.25, 0.3) is 22.3 Å². The maximum absolute atomic E-state index is 6.98. The van der Waals surface area contributed by atoms with E-state index >= 15 is 0 Å². The molecule has 4 aromatic rings. The number of ether oxygens (including phenoxy) is 1. The van der Waals surface area contributed by atoms with Crippen LogP contribution in [0.2, 0.25) is 36.3 Å². The zero-order valence-electron chi connectivity index (χ0n) is 28.0. The molecular formula is C34H49N5O3Si2. The smallest absolute Gasteiger partial charge is 0.192 e. The Morgan fingerprint density at radius 1 is 0.841 bits per heavy atom. The Kier molecular flexibility index (Phi) is 8.96. The predicted molar refractivity (Wildman–Crippen MR) is 184 cm³/mol. The topological polar surface area (TPSA) is 83.3 Å². The van der Waals surface area contributed by atoms with Crippen LogP contribution in [-0.2, 0) is 13.6 Å². The van der Waals surface area contributed by atoms with Gasteiger partial charge in [0.1, 0.15) is 18.7 Å². The van der Waals surface area contributed by atoms with E-state index in [1.807, 2.05) is 17.0 Å². The van der Waals surface area contributed by atoms with Crippen molar-refractivity contribution in [3.8, 4) is 11.1 Å². The van der Waals surface area contributed by atoms with Crippen LogP contribution < -0.4 is 5.32 Å². The molecule has 2 aromatic carbocycles. The Bertz CT molecular complexity index is 1560. The maximum atomic E-state index is 6.98. The summed E-state index contributed by atoms with van der Waals surface area (Å²) >= 11 is 0. The Hall–Kier alpha value is -2.90. The lowest BCUT2D eigenvalue weighted by atomic mass is 10.1. The molecule has 0 unspecified atom stereocenters. The number of hydrogen-bond donors (Lipinski definition) is 1. The van der Waals surface area contributed by atoms with Crippen molar-refractivity contribution in [1.29, 1.82) is 0 Å². The highest BCUT2D eigenvalue weighted by Crippen LogP contribution is 2.43. The fourth-order valence-corrected chi connectivity index (χ4v) is 7.25. The van der Waals surface area contributed by atoms with Crippen molar-refractivity contribution in [1.82, 2.24) is 19.5 Å². The summed E-state index contributed by atoms with van der Waals surface area (Å²) in [6.45, 7) is 23.3. The van der Waals surface area contributed by atoms with Crippen molar-refractivity contribution in [3.63, 3.8) is 0 Å². The molecule has 1 saturated heterocycles. The third kappa shape index (κ3) is 6.84. The van der Waals surface area contributed by atoms with E-state index in [1.165, 1.54) is 5.56 Å². The number of nitrogens with one attached hydrogen (secondary N) is 1. The fourth-order valence-electron chi connectivity index (χ4n) is 4.87. The zero-order chi connectivity index (χ0) is 31.9. The van der Waals surface area contributed by atoms with Crippen LogP contribution in [0.3, 0.4) is 0 Å². The molecule has 0 radical (unpaired) electrons. The van der Waals surface area contributed by atoms with Gasteiger partial charge in [-0.05, 0) is 59.5 Å². The number of anilines is 2. The summed E-state index contributed by atoms with van der Waals surface area (Å²) in [5.41, 5.74) is 4.70. The monoisotopic (exact) mass is 631 g/mol. The van der Waals surface area contributed by atoms with E-state index in [-0.39, 0.29) is 28.5 Å². The predicted octanol–water partition coefficient (Wildman–Crippen LogP) is 8.94. The van der Waals surface area contributed by atoms with Crippen molar-refractivity contribution in [3.05, 3.63) is 67.3 Å². The van der Waals surface area contributed by atoms with Gasteiger partial charge in [0.05, 0.1) is 19.0 Å². The second-order valence-corrected chi connectivity index (χ2v) is 24.5. The number of imidazole rings is 1. The summed E-state index contributed by atoms with van der Waals surface area (Å²) in [5, 5.41) is 3.65. The molecule has 0 saturated carbocycles. The van der Waals surface area contributed by atoms with Crippen molar-refractivity contribution in [2.45, 2.75) is 103 Å². The van der Waals surface area contributed by atoms with Crippen LogP contribution >= 0.6 is 0 Å². The van der Waals surface area contributed by atoms with Crippen LogP contribution in [0.4, 0.5) is 11.5 Å². The lowest BCUT2D eigenvalue weighted by molar-refractivity contribution is -0.0383. The number of fused-ring (bicyclic) bond motifs is 1. The molecule has 0 bridgehead atoms. The van der Waals surface area contributed by atoms with Gasteiger partial charge in [-0.15, -0.1) is 0 Å². The first-order valence-electron chi connectivity index (χ1n) is 15.6. The first-order chi connectivity index (χ1) is 20.6. The summed E-state index contributed by atoms with van der Waals surface area (Å²) in [6.07, 6.45) is 3.58. The first-order valence-corrected chi connectivity index (χ1v) is 21.4. The molecule has 44 heavy (non-hydrogen) atoms. The minimum Gasteiger partial charge on any atom is -0.414 e. The molecule has 0 amide bonds. The molecule has 2 aromatic heterocycles. The second-order valence-electron chi connectivity index (χ2n) is 15.0. The Labute approximate surface area is 264 Å². The minimum atomic E-state index is -2.05. The third-order valence-electron chi connectivity index (χ3n) is 9.77. The molecule has 1 aliphatic rings. The number of benzene rings is 2. The van der Waals surface area contributed by atoms with E-state index in [0.717, 1.165) is 16.9 Å².